The van der Waals surface area contributed by atoms with E-state index in [2.05, 4.69) is 5.32 Å². The summed E-state index contributed by atoms with van der Waals surface area (Å²) in [6.07, 6.45) is -0.800. The predicted octanol–water partition coefficient (Wildman–Crippen LogP) is 2.58. The van der Waals surface area contributed by atoms with E-state index >= 15 is 0 Å². The van der Waals surface area contributed by atoms with Gasteiger partial charge in [0.2, 0.25) is 5.91 Å². The van der Waals surface area contributed by atoms with Gasteiger partial charge in [-0.2, -0.15) is 0 Å². The number of ether oxygens (including phenoxy) is 1. The first-order chi connectivity index (χ1) is 11.0. The molecule has 0 spiro atoms. The molecule has 0 radical (unpaired) electrons. The Morgan fingerprint density at radius 2 is 1.61 bits per heavy atom. The lowest BCUT2D eigenvalue weighted by Crippen LogP contribution is -2.29. The quantitative estimate of drug-likeness (QED) is 0.824. The molecule has 0 aliphatic heterocycles. The van der Waals surface area contributed by atoms with E-state index in [0.29, 0.717) is 11.3 Å². The minimum absolute atomic E-state index is 0.0288. The van der Waals surface area contributed by atoms with Crippen LogP contribution in [0.5, 0.6) is 5.75 Å². The zero-order valence-corrected chi connectivity index (χ0v) is 12.3. The van der Waals surface area contributed by atoms with Crippen LogP contribution in [-0.4, -0.2) is 24.2 Å². The summed E-state index contributed by atoms with van der Waals surface area (Å²) in [6.45, 7) is 0.172. The van der Waals surface area contributed by atoms with Crippen molar-refractivity contribution in [1.82, 2.24) is 5.32 Å². The Balaban J connectivity index is 1.68. The molecule has 4 nitrogen and oxygen atoms in total. The molecule has 2 N–H and O–H groups in total. The van der Waals surface area contributed by atoms with Crippen molar-refractivity contribution in [2.24, 2.45) is 0 Å². The van der Waals surface area contributed by atoms with Crippen LogP contribution in [0.2, 0.25) is 0 Å². The number of halogens is 2. The fourth-order valence-corrected chi connectivity index (χ4v) is 1.89. The number of hydrogen-bond donors (Lipinski definition) is 2. The van der Waals surface area contributed by atoms with Crippen LogP contribution in [0.1, 0.15) is 18.1 Å². The molecule has 0 bridgehead atoms. The van der Waals surface area contributed by atoms with Gasteiger partial charge in [0.15, 0.2) is 0 Å². The maximum absolute atomic E-state index is 12.8. The molecule has 0 heterocycles. The molecule has 1 unspecified atom stereocenters. The fourth-order valence-electron chi connectivity index (χ4n) is 1.89. The average Bonchev–Trinajstić information content (AvgIpc) is 2.55. The van der Waals surface area contributed by atoms with E-state index in [1.54, 1.807) is 0 Å². The molecule has 122 valence electrons. The van der Waals surface area contributed by atoms with Crippen LogP contribution in [0.3, 0.4) is 0 Å². The van der Waals surface area contributed by atoms with E-state index in [9.17, 15) is 18.7 Å². The first kappa shape index (κ1) is 16.9. The SMILES string of the molecule is O=C(CCOc1ccc(F)cc1)NCC(O)c1ccc(F)cc1. The molecular weight excluding hydrogens is 304 g/mol. The van der Waals surface area contributed by atoms with Gasteiger partial charge >= 0.3 is 0 Å². The number of benzene rings is 2. The second-order valence-electron chi connectivity index (χ2n) is 4.92. The maximum atomic E-state index is 12.8. The molecule has 0 aromatic heterocycles. The summed E-state index contributed by atoms with van der Waals surface area (Å²) in [4.78, 5) is 11.7. The minimum Gasteiger partial charge on any atom is -0.493 e. The number of rotatable bonds is 7. The Kier molecular flexibility index (Phi) is 6.05. The summed E-state index contributed by atoms with van der Waals surface area (Å²) in [5, 5.41) is 12.5. The van der Waals surface area contributed by atoms with Crippen LogP contribution in [0.15, 0.2) is 48.5 Å². The highest BCUT2D eigenvalue weighted by atomic mass is 19.1. The maximum Gasteiger partial charge on any atom is 0.223 e. The Morgan fingerprint density at radius 3 is 2.22 bits per heavy atom. The summed E-state index contributed by atoms with van der Waals surface area (Å²) in [5.41, 5.74) is 0.522. The van der Waals surface area contributed by atoms with Gasteiger partial charge in [-0.15, -0.1) is 0 Å². The van der Waals surface area contributed by atoms with Crippen molar-refractivity contribution in [3.8, 4) is 5.75 Å². The van der Waals surface area contributed by atoms with Crippen molar-refractivity contribution in [2.45, 2.75) is 12.5 Å². The molecule has 0 fully saturated rings. The monoisotopic (exact) mass is 321 g/mol. The van der Waals surface area contributed by atoms with Crippen LogP contribution in [0.25, 0.3) is 0 Å². The van der Waals surface area contributed by atoms with Crippen LogP contribution in [0, 0.1) is 11.6 Å². The van der Waals surface area contributed by atoms with Gasteiger partial charge in [0, 0.05) is 6.54 Å². The first-order valence-corrected chi connectivity index (χ1v) is 7.13. The fraction of sp³-hybridized carbons (Fsp3) is 0.235. The third-order valence-electron chi connectivity index (χ3n) is 3.16. The normalized spacial score (nSPS) is 11.8. The zero-order valence-electron chi connectivity index (χ0n) is 12.3. The van der Waals surface area contributed by atoms with Crippen LogP contribution in [0.4, 0.5) is 8.78 Å². The number of carbonyl (C=O) groups is 1. The molecule has 2 aromatic carbocycles. The standard InChI is InChI=1S/C17H17F2NO3/c18-13-3-1-12(2-4-13)16(21)11-20-17(22)9-10-23-15-7-5-14(19)6-8-15/h1-8,16,21H,9-11H2,(H,20,22). The Labute approximate surface area is 132 Å². The molecule has 0 saturated carbocycles. The topological polar surface area (TPSA) is 58.6 Å². The second-order valence-corrected chi connectivity index (χ2v) is 4.92. The van der Waals surface area contributed by atoms with E-state index < -0.39 is 6.10 Å². The minimum atomic E-state index is -0.905. The van der Waals surface area contributed by atoms with Crippen LogP contribution < -0.4 is 10.1 Å². The van der Waals surface area contributed by atoms with Gasteiger partial charge in [-0.05, 0) is 42.0 Å². The van der Waals surface area contributed by atoms with Crippen LogP contribution in [-0.2, 0) is 4.79 Å². The number of aliphatic hydroxyl groups is 1. The zero-order chi connectivity index (χ0) is 16.7. The molecule has 0 aliphatic rings. The lowest BCUT2D eigenvalue weighted by Gasteiger charge is -2.12. The number of nitrogens with one attached hydrogen (secondary N) is 1. The molecule has 1 atom stereocenters. The van der Waals surface area contributed by atoms with E-state index in [1.807, 2.05) is 0 Å². The first-order valence-electron chi connectivity index (χ1n) is 7.13. The van der Waals surface area contributed by atoms with Crippen molar-refractivity contribution < 1.29 is 23.4 Å². The van der Waals surface area contributed by atoms with Gasteiger partial charge in [0.25, 0.3) is 0 Å². The van der Waals surface area contributed by atoms with Gasteiger partial charge in [-0.1, -0.05) is 12.1 Å². The predicted molar refractivity (Wildman–Crippen MR) is 80.9 cm³/mol. The van der Waals surface area contributed by atoms with Crippen molar-refractivity contribution in [3.63, 3.8) is 0 Å². The van der Waals surface area contributed by atoms with Gasteiger partial charge < -0.3 is 15.2 Å². The largest absolute Gasteiger partial charge is 0.493 e. The summed E-state index contributed by atoms with van der Waals surface area (Å²) in [7, 11) is 0. The van der Waals surface area contributed by atoms with Crippen molar-refractivity contribution in [2.75, 3.05) is 13.2 Å². The second kappa shape index (κ2) is 8.24. The Morgan fingerprint density at radius 1 is 1.04 bits per heavy atom. The lowest BCUT2D eigenvalue weighted by molar-refractivity contribution is -0.122. The molecule has 6 heteroatoms. The number of aliphatic hydroxyl groups excluding tert-OH is 1. The molecule has 0 saturated heterocycles. The van der Waals surface area contributed by atoms with Crippen molar-refractivity contribution in [3.05, 3.63) is 65.7 Å². The third kappa shape index (κ3) is 5.67. The van der Waals surface area contributed by atoms with E-state index in [0.717, 1.165) is 0 Å². The Hall–Kier alpha value is -2.47. The molecule has 2 rings (SSSR count). The highest BCUT2D eigenvalue weighted by Crippen LogP contribution is 2.13. The molecule has 0 aliphatic carbocycles. The summed E-state index contributed by atoms with van der Waals surface area (Å²) in [5.74, 6) is -0.549. The molecule has 23 heavy (non-hydrogen) atoms. The number of amides is 1. The summed E-state index contributed by atoms with van der Waals surface area (Å²) >= 11 is 0. The lowest BCUT2D eigenvalue weighted by atomic mass is 10.1. The van der Waals surface area contributed by atoms with Crippen LogP contribution >= 0.6 is 0 Å². The molecular formula is C17H17F2NO3. The van der Waals surface area contributed by atoms with Gasteiger partial charge in [-0.3, -0.25) is 4.79 Å². The molecule has 1 amide bonds. The Bertz CT molecular complexity index is 629. The van der Waals surface area contributed by atoms with E-state index in [4.69, 9.17) is 4.74 Å². The summed E-state index contributed by atoms with van der Waals surface area (Å²) < 4.78 is 30.8. The smallest absolute Gasteiger partial charge is 0.223 e. The number of hydrogen-bond acceptors (Lipinski definition) is 3. The third-order valence-corrected chi connectivity index (χ3v) is 3.16. The molecule has 2 aromatic rings. The van der Waals surface area contributed by atoms with E-state index in [-0.39, 0.29) is 37.1 Å². The van der Waals surface area contributed by atoms with Gasteiger partial charge in [-0.25, -0.2) is 8.78 Å². The van der Waals surface area contributed by atoms with Crippen molar-refractivity contribution in [1.29, 1.82) is 0 Å². The van der Waals surface area contributed by atoms with E-state index in [1.165, 1.54) is 48.5 Å². The number of carbonyl (C=O) groups excluding carboxylic acids is 1. The van der Waals surface area contributed by atoms with Crippen molar-refractivity contribution >= 4 is 5.91 Å². The highest BCUT2D eigenvalue weighted by molar-refractivity contribution is 5.76. The summed E-state index contributed by atoms with van der Waals surface area (Å²) in [6, 6.07) is 10.9. The van der Waals surface area contributed by atoms with Gasteiger partial charge in [0.1, 0.15) is 17.4 Å². The van der Waals surface area contributed by atoms with Gasteiger partial charge in [0.05, 0.1) is 19.1 Å². The average molecular weight is 321 g/mol. The highest BCUT2D eigenvalue weighted by Gasteiger charge is 2.09.